The fourth-order valence-electron chi connectivity index (χ4n) is 3.73. The molecule has 3 rings (SSSR count). The Labute approximate surface area is 167 Å². The molecule has 1 aliphatic rings. The second kappa shape index (κ2) is 8.05. The lowest BCUT2D eigenvalue weighted by Gasteiger charge is -2.20. The van der Waals surface area contributed by atoms with Gasteiger partial charge in [0.1, 0.15) is 0 Å². The maximum absolute atomic E-state index is 12.9. The molecule has 0 radical (unpaired) electrons. The van der Waals surface area contributed by atoms with Crippen molar-refractivity contribution in [2.75, 3.05) is 18.4 Å². The molecule has 2 aromatic rings. The van der Waals surface area contributed by atoms with Crippen LogP contribution in [-0.2, 0) is 22.9 Å². The summed E-state index contributed by atoms with van der Waals surface area (Å²) in [5.74, 6) is -0.213. The van der Waals surface area contributed by atoms with Crippen molar-refractivity contribution in [3.8, 4) is 0 Å². The highest BCUT2D eigenvalue weighted by Crippen LogP contribution is 2.28. The number of carbonyl (C=O) groups is 1. The third kappa shape index (κ3) is 3.84. The lowest BCUT2D eigenvalue weighted by atomic mass is 10.0. The van der Waals surface area contributed by atoms with E-state index >= 15 is 0 Å². The predicted molar refractivity (Wildman–Crippen MR) is 112 cm³/mol. The van der Waals surface area contributed by atoms with Crippen LogP contribution in [0, 0.1) is 13.8 Å². The van der Waals surface area contributed by atoms with E-state index in [1.807, 2.05) is 45.9 Å². The molecule has 0 unspecified atom stereocenters. The van der Waals surface area contributed by atoms with Gasteiger partial charge in [-0.3, -0.25) is 4.79 Å². The quantitative estimate of drug-likeness (QED) is 0.795. The second-order valence-corrected chi connectivity index (χ2v) is 9.23. The Balaban J connectivity index is 1.94. The third-order valence-electron chi connectivity index (χ3n) is 5.59. The van der Waals surface area contributed by atoms with Crippen LogP contribution in [0.3, 0.4) is 0 Å². The number of fused-ring (bicyclic) bond motifs is 1. The van der Waals surface area contributed by atoms with Gasteiger partial charge in [-0.25, -0.2) is 8.42 Å². The molecule has 0 saturated carbocycles. The van der Waals surface area contributed by atoms with E-state index in [0.29, 0.717) is 24.3 Å². The van der Waals surface area contributed by atoms with E-state index < -0.39 is 10.0 Å². The molecule has 0 heterocycles. The van der Waals surface area contributed by atoms with Gasteiger partial charge in [0, 0.05) is 24.3 Å². The van der Waals surface area contributed by atoms with Gasteiger partial charge < -0.3 is 5.32 Å². The smallest absolute Gasteiger partial charge is 0.255 e. The van der Waals surface area contributed by atoms with Gasteiger partial charge in [0.05, 0.1) is 4.90 Å². The molecule has 0 saturated heterocycles. The summed E-state index contributed by atoms with van der Waals surface area (Å²) in [7, 11) is -3.59. The molecule has 1 aliphatic carbocycles. The summed E-state index contributed by atoms with van der Waals surface area (Å²) in [6.45, 7) is 8.20. The first kappa shape index (κ1) is 20.6. The molecule has 0 spiro atoms. The summed E-state index contributed by atoms with van der Waals surface area (Å²) < 4.78 is 27.2. The molecule has 1 amide bonds. The van der Waals surface area contributed by atoms with Crippen LogP contribution in [0.15, 0.2) is 35.2 Å². The molecular weight excluding hydrogens is 372 g/mol. The SMILES string of the molecule is CCN(CC)S(=O)(=O)c1cc(C)c(C)c(NC(=O)c2ccc3c(c2)CCC3)c1. The van der Waals surface area contributed by atoms with Gasteiger partial charge in [-0.2, -0.15) is 4.31 Å². The summed E-state index contributed by atoms with van der Waals surface area (Å²) in [6.07, 6.45) is 3.21. The first-order valence-electron chi connectivity index (χ1n) is 9.82. The highest BCUT2D eigenvalue weighted by Gasteiger charge is 2.24. The van der Waals surface area contributed by atoms with Crippen molar-refractivity contribution < 1.29 is 13.2 Å². The summed E-state index contributed by atoms with van der Waals surface area (Å²) >= 11 is 0. The summed E-state index contributed by atoms with van der Waals surface area (Å²) in [5, 5.41) is 2.92. The lowest BCUT2D eigenvalue weighted by molar-refractivity contribution is 0.102. The summed E-state index contributed by atoms with van der Waals surface area (Å²) in [4.78, 5) is 13.0. The zero-order chi connectivity index (χ0) is 20.5. The fraction of sp³-hybridized carbons (Fsp3) is 0.409. The summed E-state index contributed by atoms with van der Waals surface area (Å²) in [6, 6.07) is 9.07. The van der Waals surface area contributed by atoms with Gasteiger partial charge in [-0.15, -0.1) is 0 Å². The lowest BCUT2D eigenvalue weighted by Crippen LogP contribution is -2.30. The highest BCUT2D eigenvalue weighted by atomic mass is 32.2. The number of nitrogens with zero attached hydrogens (tertiary/aromatic N) is 1. The number of benzene rings is 2. The number of aryl methyl sites for hydroxylation is 3. The van der Waals surface area contributed by atoms with E-state index in [9.17, 15) is 13.2 Å². The van der Waals surface area contributed by atoms with Crippen LogP contribution in [0.1, 0.15) is 52.9 Å². The topological polar surface area (TPSA) is 66.5 Å². The van der Waals surface area contributed by atoms with Crippen LogP contribution in [0.25, 0.3) is 0 Å². The van der Waals surface area contributed by atoms with Crippen molar-refractivity contribution in [2.45, 2.75) is 51.9 Å². The fourth-order valence-corrected chi connectivity index (χ4v) is 5.30. The minimum atomic E-state index is -3.59. The minimum absolute atomic E-state index is 0.212. The van der Waals surface area contributed by atoms with Gasteiger partial charge in [0.2, 0.25) is 10.0 Å². The third-order valence-corrected chi connectivity index (χ3v) is 7.62. The van der Waals surface area contributed by atoms with Gasteiger partial charge in [-0.05, 0) is 79.6 Å². The Hall–Kier alpha value is -2.18. The van der Waals surface area contributed by atoms with Crippen LogP contribution < -0.4 is 5.32 Å². The molecule has 28 heavy (non-hydrogen) atoms. The standard InChI is InChI=1S/C22H28N2O3S/c1-5-24(6-2)28(26,27)20-12-15(3)16(4)21(14-20)23-22(25)19-11-10-17-8-7-9-18(17)13-19/h10-14H,5-9H2,1-4H3,(H,23,25). The largest absolute Gasteiger partial charge is 0.322 e. The molecule has 0 bridgehead atoms. The number of hydrogen-bond acceptors (Lipinski definition) is 3. The first-order valence-corrected chi connectivity index (χ1v) is 11.3. The average molecular weight is 401 g/mol. The van der Waals surface area contributed by atoms with Crippen molar-refractivity contribution in [2.24, 2.45) is 0 Å². The zero-order valence-electron chi connectivity index (χ0n) is 17.0. The van der Waals surface area contributed by atoms with Crippen molar-refractivity contribution in [3.05, 3.63) is 58.1 Å². The van der Waals surface area contributed by atoms with Gasteiger partial charge in [-0.1, -0.05) is 19.9 Å². The molecule has 2 aromatic carbocycles. The van der Waals surface area contributed by atoms with Crippen molar-refractivity contribution >= 4 is 21.6 Å². The maximum atomic E-state index is 12.9. The Morgan fingerprint density at radius 3 is 2.39 bits per heavy atom. The Kier molecular flexibility index (Phi) is 5.91. The van der Waals surface area contributed by atoms with Crippen molar-refractivity contribution in [1.29, 1.82) is 0 Å². The predicted octanol–water partition coefficient (Wildman–Crippen LogP) is 4.07. The molecule has 5 nitrogen and oxygen atoms in total. The van der Waals surface area contributed by atoms with E-state index in [1.165, 1.54) is 15.4 Å². The van der Waals surface area contributed by atoms with Crippen molar-refractivity contribution in [1.82, 2.24) is 4.31 Å². The molecule has 0 aliphatic heterocycles. The zero-order valence-corrected chi connectivity index (χ0v) is 17.8. The molecular formula is C22H28N2O3S. The summed E-state index contributed by atoms with van der Waals surface area (Å²) in [5.41, 5.74) is 5.39. The number of rotatable bonds is 6. The highest BCUT2D eigenvalue weighted by molar-refractivity contribution is 7.89. The number of nitrogens with one attached hydrogen (secondary N) is 1. The van der Waals surface area contributed by atoms with Gasteiger partial charge >= 0.3 is 0 Å². The minimum Gasteiger partial charge on any atom is -0.322 e. The Bertz CT molecular complexity index is 1010. The van der Waals surface area contributed by atoms with Crippen LogP contribution >= 0.6 is 0 Å². The van der Waals surface area contributed by atoms with Crippen LogP contribution in [0.4, 0.5) is 5.69 Å². The molecule has 1 N–H and O–H groups in total. The normalized spacial score (nSPS) is 13.6. The van der Waals surface area contributed by atoms with Crippen LogP contribution in [0.5, 0.6) is 0 Å². The van der Waals surface area contributed by atoms with Gasteiger partial charge in [0.15, 0.2) is 0 Å². The van der Waals surface area contributed by atoms with E-state index in [1.54, 1.807) is 12.1 Å². The number of carbonyl (C=O) groups excluding carboxylic acids is 1. The number of hydrogen-bond donors (Lipinski definition) is 1. The van der Waals surface area contributed by atoms with Crippen molar-refractivity contribution in [3.63, 3.8) is 0 Å². The Morgan fingerprint density at radius 1 is 1.04 bits per heavy atom. The first-order chi connectivity index (χ1) is 13.3. The van der Waals surface area contributed by atoms with E-state index in [2.05, 4.69) is 5.32 Å². The van der Waals surface area contributed by atoms with Crippen LogP contribution in [-0.4, -0.2) is 31.7 Å². The molecule has 150 valence electrons. The van der Waals surface area contributed by atoms with Crippen LogP contribution in [0.2, 0.25) is 0 Å². The number of sulfonamides is 1. The number of amides is 1. The van der Waals surface area contributed by atoms with Gasteiger partial charge in [0.25, 0.3) is 5.91 Å². The number of anilines is 1. The molecule has 0 aromatic heterocycles. The second-order valence-electron chi connectivity index (χ2n) is 7.29. The van der Waals surface area contributed by atoms with E-state index in [4.69, 9.17) is 0 Å². The van der Waals surface area contributed by atoms with E-state index in [0.717, 1.165) is 30.4 Å². The monoisotopic (exact) mass is 400 g/mol. The maximum Gasteiger partial charge on any atom is 0.255 e. The Morgan fingerprint density at radius 2 is 1.71 bits per heavy atom. The molecule has 0 fully saturated rings. The average Bonchev–Trinajstić information content (AvgIpc) is 3.13. The molecule has 0 atom stereocenters. The molecule has 6 heteroatoms. The van der Waals surface area contributed by atoms with E-state index in [-0.39, 0.29) is 10.8 Å².